The molecule has 5 heteroatoms. The fourth-order valence-electron chi connectivity index (χ4n) is 1.43. The van der Waals surface area contributed by atoms with Gasteiger partial charge in [-0.25, -0.2) is 4.79 Å². The lowest BCUT2D eigenvalue weighted by molar-refractivity contribution is 0.0603. The molecule has 0 atom stereocenters. The van der Waals surface area contributed by atoms with Crippen molar-refractivity contribution in [2.24, 2.45) is 0 Å². The normalized spacial score (nSPS) is 10.6. The highest BCUT2D eigenvalue weighted by Gasteiger charge is 2.15. The van der Waals surface area contributed by atoms with Crippen LogP contribution in [0.15, 0.2) is 22.8 Å². The minimum absolute atomic E-state index is 0.322. The molecule has 1 heterocycles. The second-order valence-corrected chi connectivity index (χ2v) is 4.91. The molecule has 0 aliphatic rings. The van der Waals surface area contributed by atoms with Gasteiger partial charge in [-0.1, -0.05) is 0 Å². The monoisotopic (exact) mass is 379 g/mol. The van der Waals surface area contributed by atoms with Crippen molar-refractivity contribution in [2.75, 3.05) is 7.11 Å². The van der Waals surface area contributed by atoms with Gasteiger partial charge in [-0.05, 0) is 50.7 Å². The number of methoxy groups -OCH3 is 1. The summed E-state index contributed by atoms with van der Waals surface area (Å²) in [6.45, 7) is 0. The van der Waals surface area contributed by atoms with Crippen LogP contribution in [0.2, 0.25) is 0 Å². The first-order valence-corrected chi connectivity index (χ1v) is 6.05. The van der Waals surface area contributed by atoms with Crippen LogP contribution in [-0.2, 0) is 4.74 Å². The van der Waals surface area contributed by atoms with Crippen LogP contribution in [-0.4, -0.2) is 18.1 Å². The zero-order valence-corrected chi connectivity index (χ0v) is 11.5. The summed E-state index contributed by atoms with van der Waals surface area (Å²) in [5.74, 6) is -0.322. The average Bonchev–Trinajstić information content (AvgIpc) is 2.67. The van der Waals surface area contributed by atoms with E-state index in [0.717, 1.165) is 18.9 Å². The minimum atomic E-state index is -0.322. The Hall–Kier alpha value is -0.560. The van der Waals surface area contributed by atoms with Crippen molar-refractivity contribution < 1.29 is 9.53 Å². The van der Waals surface area contributed by atoms with Crippen LogP contribution < -0.4 is 0 Å². The smallest absolute Gasteiger partial charge is 0.340 e. The maximum absolute atomic E-state index is 11.5. The Bertz CT molecular complexity index is 535. The largest absolute Gasteiger partial charge is 0.465 e. The summed E-state index contributed by atoms with van der Waals surface area (Å²) in [7, 11) is 1.38. The highest BCUT2D eigenvalue weighted by molar-refractivity contribution is 14.1. The van der Waals surface area contributed by atoms with Gasteiger partial charge < -0.3 is 9.72 Å². The molecule has 78 valence electrons. The van der Waals surface area contributed by atoms with Gasteiger partial charge >= 0.3 is 5.97 Å². The standard InChI is InChI=1S/C10H7BrINO2/c1-15-10(14)5-4-13-7-3-2-6(11)9(12)8(5)7/h2-4,13H,1H3. The van der Waals surface area contributed by atoms with Gasteiger partial charge in [-0.3, -0.25) is 0 Å². The first kappa shape index (κ1) is 10.9. The fourth-order valence-corrected chi connectivity index (χ4v) is 2.52. The highest BCUT2D eigenvalue weighted by Crippen LogP contribution is 2.30. The van der Waals surface area contributed by atoms with Crippen molar-refractivity contribution in [3.8, 4) is 0 Å². The first-order chi connectivity index (χ1) is 7.15. The van der Waals surface area contributed by atoms with Crippen LogP contribution in [0.25, 0.3) is 10.9 Å². The number of esters is 1. The molecule has 15 heavy (non-hydrogen) atoms. The molecule has 0 saturated heterocycles. The van der Waals surface area contributed by atoms with E-state index < -0.39 is 0 Å². The summed E-state index contributed by atoms with van der Waals surface area (Å²) >= 11 is 5.63. The molecule has 0 spiro atoms. The molecule has 1 aromatic heterocycles. The third kappa shape index (κ3) is 1.78. The average molecular weight is 380 g/mol. The number of fused-ring (bicyclic) bond motifs is 1. The van der Waals surface area contributed by atoms with Crippen molar-refractivity contribution in [3.63, 3.8) is 0 Å². The number of rotatable bonds is 1. The molecule has 3 nitrogen and oxygen atoms in total. The van der Waals surface area contributed by atoms with Crippen molar-refractivity contribution in [1.29, 1.82) is 0 Å². The Morgan fingerprint density at radius 2 is 2.27 bits per heavy atom. The lowest BCUT2D eigenvalue weighted by Crippen LogP contribution is -2.00. The lowest BCUT2D eigenvalue weighted by Gasteiger charge is -2.01. The third-order valence-electron chi connectivity index (χ3n) is 2.14. The topological polar surface area (TPSA) is 42.1 Å². The molecule has 0 aliphatic carbocycles. The number of nitrogens with one attached hydrogen (secondary N) is 1. The molecule has 0 bridgehead atoms. The molecule has 0 radical (unpaired) electrons. The number of hydrogen-bond acceptors (Lipinski definition) is 2. The first-order valence-electron chi connectivity index (χ1n) is 4.18. The molecule has 0 saturated carbocycles. The zero-order valence-electron chi connectivity index (χ0n) is 7.80. The van der Waals surface area contributed by atoms with Crippen LogP contribution in [0.3, 0.4) is 0 Å². The van der Waals surface area contributed by atoms with Gasteiger partial charge in [0.25, 0.3) is 0 Å². The molecular formula is C10H7BrINO2. The molecule has 2 rings (SSSR count). The van der Waals surface area contributed by atoms with Gasteiger partial charge in [0.2, 0.25) is 0 Å². The van der Waals surface area contributed by atoms with E-state index in [1.807, 2.05) is 12.1 Å². The second-order valence-electron chi connectivity index (χ2n) is 2.98. The number of ether oxygens (including phenoxy) is 1. The minimum Gasteiger partial charge on any atom is -0.465 e. The van der Waals surface area contributed by atoms with Crippen molar-refractivity contribution >= 4 is 55.4 Å². The number of benzene rings is 1. The molecule has 0 fully saturated rings. The molecule has 0 aliphatic heterocycles. The van der Waals surface area contributed by atoms with Gasteiger partial charge in [-0.15, -0.1) is 0 Å². The van der Waals surface area contributed by atoms with Gasteiger partial charge in [0.15, 0.2) is 0 Å². The molecule has 1 aromatic carbocycles. The van der Waals surface area contributed by atoms with Crippen molar-refractivity contribution in [3.05, 3.63) is 31.9 Å². The Kier molecular flexibility index (Phi) is 3.01. The summed E-state index contributed by atoms with van der Waals surface area (Å²) in [5, 5.41) is 0.900. The van der Waals surface area contributed by atoms with E-state index in [9.17, 15) is 4.79 Å². The number of H-pyrrole nitrogens is 1. The lowest BCUT2D eigenvalue weighted by atomic mass is 10.2. The van der Waals surface area contributed by atoms with E-state index in [-0.39, 0.29) is 5.97 Å². The van der Waals surface area contributed by atoms with Crippen LogP contribution in [0.1, 0.15) is 10.4 Å². The van der Waals surface area contributed by atoms with Gasteiger partial charge in [0.05, 0.1) is 12.7 Å². The number of aromatic amines is 1. The van der Waals surface area contributed by atoms with Crippen LogP contribution in [0, 0.1) is 3.57 Å². The fraction of sp³-hybridized carbons (Fsp3) is 0.100. The summed E-state index contributed by atoms with van der Waals surface area (Å²) in [4.78, 5) is 14.5. The van der Waals surface area contributed by atoms with E-state index in [4.69, 9.17) is 4.74 Å². The summed E-state index contributed by atoms with van der Waals surface area (Å²) in [6, 6.07) is 3.87. The summed E-state index contributed by atoms with van der Waals surface area (Å²) in [6.07, 6.45) is 1.67. The zero-order chi connectivity index (χ0) is 11.0. The Balaban J connectivity index is 2.77. The predicted molar refractivity (Wildman–Crippen MR) is 70.1 cm³/mol. The Morgan fingerprint density at radius 1 is 1.53 bits per heavy atom. The van der Waals surface area contributed by atoms with E-state index in [0.29, 0.717) is 5.56 Å². The Morgan fingerprint density at radius 3 is 2.93 bits per heavy atom. The third-order valence-corrected chi connectivity index (χ3v) is 4.66. The van der Waals surface area contributed by atoms with Gasteiger partial charge in [0.1, 0.15) is 0 Å². The van der Waals surface area contributed by atoms with E-state index in [1.54, 1.807) is 6.20 Å². The maximum atomic E-state index is 11.5. The van der Waals surface area contributed by atoms with Gasteiger partial charge in [-0.2, -0.15) is 0 Å². The highest BCUT2D eigenvalue weighted by atomic mass is 127. The number of aromatic nitrogens is 1. The Labute approximate surface area is 108 Å². The summed E-state index contributed by atoms with van der Waals surface area (Å²) < 4.78 is 6.70. The van der Waals surface area contributed by atoms with Crippen molar-refractivity contribution in [2.45, 2.75) is 0 Å². The number of carbonyl (C=O) groups is 1. The second kappa shape index (κ2) is 4.13. The maximum Gasteiger partial charge on any atom is 0.340 e. The van der Waals surface area contributed by atoms with E-state index in [1.165, 1.54) is 7.11 Å². The number of halogens is 2. The van der Waals surface area contributed by atoms with E-state index in [2.05, 4.69) is 43.5 Å². The SMILES string of the molecule is COC(=O)c1c[nH]c2ccc(Br)c(I)c12. The van der Waals surface area contributed by atoms with Crippen LogP contribution in [0.5, 0.6) is 0 Å². The summed E-state index contributed by atoms with van der Waals surface area (Å²) in [5.41, 5.74) is 1.50. The number of hydrogen-bond donors (Lipinski definition) is 1. The van der Waals surface area contributed by atoms with Crippen molar-refractivity contribution in [1.82, 2.24) is 4.98 Å². The molecule has 2 aromatic rings. The molecule has 1 N–H and O–H groups in total. The molecular weight excluding hydrogens is 373 g/mol. The number of carbonyl (C=O) groups excluding carboxylic acids is 1. The van der Waals surface area contributed by atoms with Crippen LogP contribution in [0.4, 0.5) is 0 Å². The quantitative estimate of drug-likeness (QED) is 0.610. The van der Waals surface area contributed by atoms with Gasteiger partial charge in [0, 0.05) is 25.1 Å². The van der Waals surface area contributed by atoms with E-state index >= 15 is 0 Å². The molecule has 0 unspecified atom stereocenters. The predicted octanol–water partition coefficient (Wildman–Crippen LogP) is 3.32. The molecule has 0 amide bonds. The van der Waals surface area contributed by atoms with Crippen LogP contribution >= 0.6 is 38.5 Å².